The zero-order chi connectivity index (χ0) is 14.5. The normalized spacial score (nSPS) is 10.4. The van der Waals surface area contributed by atoms with Crippen LogP contribution in [0.3, 0.4) is 0 Å². The molecule has 0 saturated carbocycles. The van der Waals surface area contributed by atoms with Crippen LogP contribution in [0, 0.1) is 0 Å². The van der Waals surface area contributed by atoms with E-state index in [4.69, 9.17) is 10.8 Å². The summed E-state index contributed by atoms with van der Waals surface area (Å²) >= 11 is 4.99. The molecule has 0 atom stereocenters. The van der Waals surface area contributed by atoms with Crippen molar-refractivity contribution in [2.45, 2.75) is 17.1 Å². The maximum absolute atomic E-state index is 10.9. The number of aliphatic carboxylic acids is 1. The summed E-state index contributed by atoms with van der Waals surface area (Å²) in [6.45, 7) is 0. The van der Waals surface area contributed by atoms with Crippen LogP contribution in [0.25, 0.3) is 0 Å². The molecule has 0 aliphatic rings. The van der Waals surface area contributed by atoms with Crippen LogP contribution in [-0.4, -0.2) is 11.1 Å². The second kappa shape index (κ2) is 6.81. The van der Waals surface area contributed by atoms with Crippen LogP contribution < -0.4 is 5.73 Å². The van der Waals surface area contributed by atoms with E-state index in [0.29, 0.717) is 5.75 Å². The molecular formula is C15H14BrNO2S. The van der Waals surface area contributed by atoms with E-state index in [1.54, 1.807) is 11.8 Å². The van der Waals surface area contributed by atoms with Gasteiger partial charge in [0.15, 0.2) is 0 Å². The average Bonchev–Trinajstić information content (AvgIpc) is 2.39. The zero-order valence-electron chi connectivity index (χ0n) is 10.7. The Balaban J connectivity index is 2.12. The quantitative estimate of drug-likeness (QED) is 0.632. The lowest BCUT2D eigenvalue weighted by Crippen LogP contribution is -2.03. The molecule has 2 aromatic carbocycles. The lowest BCUT2D eigenvalue weighted by molar-refractivity contribution is -0.136. The van der Waals surface area contributed by atoms with Crippen LogP contribution in [-0.2, 0) is 17.0 Å². The molecule has 0 aliphatic carbocycles. The Labute approximate surface area is 130 Å². The van der Waals surface area contributed by atoms with Gasteiger partial charge in [-0.3, -0.25) is 4.79 Å². The maximum atomic E-state index is 10.9. The molecular weight excluding hydrogens is 338 g/mol. The molecule has 5 heteroatoms. The van der Waals surface area contributed by atoms with Gasteiger partial charge in [0.2, 0.25) is 0 Å². The van der Waals surface area contributed by atoms with E-state index < -0.39 is 5.97 Å². The summed E-state index contributed by atoms with van der Waals surface area (Å²) in [7, 11) is 0. The third-order valence-corrected chi connectivity index (χ3v) is 4.45. The minimum Gasteiger partial charge on any atom is -0.481 e. The monoisotopic (exact) mass is 351 g/mol. The minimum atomic E-state index is -0.814. The van der Waals surface area contributed by atoms with Crippen molar-refractivity contribution in [1.82, 2.24) is 0 Å². The molecule has 0 bridgehead atoms. The van der Waals surface area contributed by atoms with Gasteiger partial charge in [-0.05, 0) is 29.3 Å². The number of hydrogen-bond acceptors (Lipinski definition) is 3. The fraction of sp³-hybridized carbons (Fsp3) is 0.133. The van der Waals surface area contributed by atoms with Crippen LogP contribution in [0.5, 0.6) is 0 Å². The zero-order valence-corrected chi connectivity index (χ0v) is 13.1. The van der Waals surface area contributed by atoms with E-state index >= 15 is 0 Å². The number of hydrogen-bond donors (Lipinski definition) is 2. The number of rotatable bonds is 5. The maximum Gasteiger partial charge on any atom is 0.307 e. The molecule has 20 heavy (non-hydrogen) atoms. The minimum absolute atomic E-state index is 0.0482. The van der Waals surface area contributed by atoms with Gasteiger partial charge >= 0.3 is 5.97 Å². The first-order valence-electron chi connectivity index (χ1n) is 6.02. The Morgan fingerprint density at radius 3 is 2.55 bits per heavy atom. The lowest BCUT2D eigenvalue weighted by atomic mass is 10.1. The van der Waals surface area contributed by atoms with E-state index in [1.165, 1.54) is 0 Å². The number of thioether (sulfide) groups is 1. The van der Waals surface area contributed by atoms with Crippen LogP contribution in [0.4, 0.5) is 5.69 Å². The van der Waals surface area contributed by atoms with Crippen LogP contribution in [0.1, 0.15) is 11.1 Å². The first-order chi connectivity index (χ1) is 9.56. The van der Waals surface area contributed by atoms with Gasteiger partial charge in [0, 0.05) is 20.8 Å². The van der Waals surface area contributed by atoms with E-state index in [2.05, 4.69) is 15.9 Å². The summed E-state index contributed by atoms with van der Waals surface area (Å²) in [6, 6.07) is 13.4. The highest BCUT2D eigenvalue weighted by atomic mass is 79.9. The van der Waals surface area contributed by atoms with Gasteiger partial charge < -0.3 is 10.8 Å². The topological polar surface area (TPSA) is 63.3 Å². The van der Waals surface area contributed by atoms with Gasteiger partial charge in [0.1, 0.15) is 0 Å². The van der Waals surface area contributed by atoms with Crippen molar-refractivity contribution in [3.05, 3.63) is 58.1 Å². The van der Waals surface area contributed by atoms with Crippen LogP contribution in [0.2, 0.25) is 0 Å². The van der Waals surface area contributed by atoms with Gasteiger partial charge in [-0.25, -0.2) is 0 Å². The van der Waals surface area contributed by atoms with Crippen molar-refractivity contribution in [2.75, 3.05) is 5.73 Å². The highest BCUT2D eigenvalue weighted by molar-refractivity contribution is 9.10. The number of benzene rings is 2. The van der Waals surface area contributed by atoms with Crippen molar-refractivity contribution in [1.29, 1.82) is 0 Å². The smallest absolute Gasteiger partial charge is 0.307 e. The molecule has 0 saturated heterocycles. The fourth-order valence-corrected chi connectivity index (χ4v) is 3.20. The predicted octanol–water partition coefficient (Wildman–Crippen LogP) is 3.95. The largest absolute Gasteiger partial charge is 0.481 e. The van der Waals surface area contributed by atoms with Crippen LogP contribution >= 0.6 is 27.7 Å². The average molecular weight is 352 g/mol. The third-order valence-electron chi connectivity index (χ3n) is 2.82. The standard InChI is InChI=1S/C15H14BrNO2S/c16-12-5-6-14(13(17)8-12)20-9-11-4-2-1-3-10(11)7-15(18)19/h1-6,8H,7,9,17H2,(H,18,19). The summed E-state index contributed by atoms with van der Waals surface area (Å²) in [5, 5.41) is 8.92. The number of nitrogens with two attached hydrogens (primary N) is 1. The third kappa shape index (κ3) is 4.02. The molecule has 0 aromatic heterocycles. The highest BCUT2D eigenvalue weighted by Gasteiger charge is 2.08. The molecule has 0 unspecified atom stereocenters. The molecule has 0 aliphatic heterocycles. The first-order valence-corrected chi connectivity index (χ1v) is 7.80. The van der Waals surface area contributed by atoms with Gasteiger partial charge in [-0.2, -0.15) is 0 Å². The molecule has 0 fully saturated rings. The summed E-state index contributed by atoms with van der Waals surface area (Å²) in [6.07, 6.45) is 0.0482. The lowest BCUT2D eigenvalue weighted by Gasteiger charge is -2.09. The Kier molecular flexibility index (Phi) is 5.09. The van der Waals surface area contributed by atoms with E-state index in [9.17, 15) is 4.79 Å². The van der Waals surface area contributed by atoms with E-state index in [1.807, 2.05) is 42.5 Å². The molecule has 3 N–H and O–H groups in total. The highest BCUT2D eigenvalue weighted by Crippen LogP contribution is 2.31. The second-order valence-corrected chi connectivity index (χ2v) is 6.24. The second-order valence-electron chi connectivity index (χ2n) is 4.31. The van der Waals surface area contributed by atoms with Crippen molar-refractivity contribution < 1.29 is 9.90 Å². The Hall–Kier alpha value is -1.46. The number of carboxylic acids is 1. The number of carboxylic acid groups (broad SMARTS) is 1. The summed E-state index contributed by atoms with van der Waals surface area (Å²) in [5.74, 6) is -0.111. The number of nitrogen functional groups attached to an aromatic ring is 1. The Morgan fingerprint density at radius 1 is 1.20 bits per heavy atom. The predicted molar refractivity (Wildman–Crippen MR) is 85.9 cm³/mol. The summed E-state index contributed by atoms with van der Waals surface area (Å²) in [4.78, 5) is 11.9. The summed E-state index contributed by atoms with van der Waals surface area (Å²) < 4.78 is 0.950. The molecule has 0 heterocycles. The number of carbonyl (C=O) groups is 1. The fourth-order valence-electron chi connectivity index (χ4n) is 1.84. The van der Waals surface area contributed by atoms with E-state index in [-0.39, 0.29) is 6.42 Å². The van der Waals surface area contributed by atoms with Crippen molar-refractivity contribution in [3.8, 4) is 0 Å². The SMILES string of the molecule is Nc1cc(Br)ccc1SCc1ccccc1CC(=O)O. The Bertz CT molecular complexity index is 631. The molecule has 0 amide bonds. The molecule has 3 nitrogen and oxygen atoms in total. The summed E-state index contributed by atoms with van der Waals surface area (Å²) in [5.41, 5.74) is 8.56. The van der Waals surface area contributed by atoms with Gasteiger partial charge in [-0.1, -0.05) is 40.2 Å². The molecule has 0 spiro atoms. The molecule has 2 aromatic rings. The van der Waals surface area contributed by atoms with E-state index in [0.717, 1.165) is 26.2 Å². The Morgan fingerprint density at radius 2 is 1.90 bits per heavy atom. The number of anilines is 1. The van der Waals surface area contributed by atoms with Crippen molar-refractivity contribution >= 4 is 39.3 Å². The van der Waals surface area contributed by atoms with Gasteiger partial charge in [0.25, 0.3) is 0 Å². The molecule has 104 valence electrons. The van der Waals surface area contributed by atoms with Gasteiger partial charge in [0.05, 0.1) is 6.42 Å². The first kappa shape index (κ1) is 14.9. The molecule has 0 radical (unpaired) electrons. The van der Waals surface area contributed by atoms with Crippen LogP contribution in [0.15, 0.2) is 51.8 Å². The van der Waals surface area contributed by atoms with Gasteiger partial charge in [-0.15, -0.1) is 11.8 Å². The van der Waals surface area contributed by atoms with Crippen molar-refractivity contribution in [3.63, 3.8) is 0 Å². The van der Waals surface area contributed by atoms with Crippen molar-refractivity contribution in [2.24, 2.45) is 0 Å². The number of halogens is 1. The molecule has 2 rings (SSSR count).